The summed E-state index contributed by atoms with van der Waals surface area (Å²) in [6.45, 7) is 2.77. The molecule has 26 heavy (non-hydrogen) atoms. The zero-order valence-corrected chi connectivity index (χ0v) is 15.8. The van der Waals surface area contributed by atoms with E-state index in [1.165, 1.54) is 6.08 Å². The molecule has 0 saturated carbocycles. The summed E-state index contributed by atoms with van der Waals surface area (Å²) in [6, 6.07) is 8.58. The van der Waals surface area contributed by atoms with E-state index in [1.54, 1.807) is 42.6 Å². The number of rotatable bonds is 7. The molecule has 0 radical (unpaired) electrons. The Morgan fingerprint density at radius 1 is 1.12 bits per heavy atom. The second kappa shape index (κ2) is 9.94. The average molecular weight is 392 g/mol. The van der Waals surface area contributed by atoms with Crippen molar-refractivity contribution < 1.29 is 9.59 Å². The van der Waals surface area contributed by atoms with Crippen molar-refractivity contribution >= 4 is 41.1 Å². The van der Waals surface area contributed by atoms with Crippen molar-refractivity contribution in [2.75, 3.05) is 13.1 Å². The van der Waals surface area contributed by atoms with Crippen LogP contribution in [0.4, 0.5) is 0 Å². The van der Waals surface area contributed by atoms with E-state index < -0.39 is 0 Å². The van der Waals surface area contributed by atoms with Crippen LogP contribution in [-0.4, -0.2) is 29.9 Å². The maximum absolute atomic E-state index is 11.9. The quantitative estimate of drug-likeness (QED) is 0.558. The zero-order valence-electron chi connectivity index (χ0n) is 14.3. The molecule has 0 saturated heterocycles. The van der Waals surface area contributed by atoms with E-state index in [0.29, 0.717) is 40.7 Å². The van der Waals surface area contributed by atoms with Gasteiger partial charge in [-0.2, -0.15) is 0 Å². The summed E-state index contributed by atoms with van der Waals surface area (Å²) in [6.07, 6.45) is 5.19. The Balaban J connectivity index is 1.67. The summed E-state index contributed by atoms with van der Waals surface area (Å²) >= 11 is 11.9. The number of halogens is 2. The van der Waals surface area contributed by atoms with Crippen molar-refractivity contribution in [1.82, 2.24) is 15.6 Å². The Morgan fingerprint density at radius 3 is 2.58 bits per heavy atom. The van der Waals surface area contributed by atoms with Crippen molar-refractivity contribution in [2.24, 2.45) is 0 Å². The van der Waals surface area contributed by atoms with Crippen LogP contribution in [0.2, 0.25) is 10.0 Å². The number of amides is 2. The minimum absolute atomic E-state index is 0.180. The highest BCUT2D eigenvalue weighted by molar-refractivity contribution is 6.35. The molecule has 2 N–H and O–H groups in total. The van der Waals surface area contributed by atoms with E-state index in [-0.39, 0.29) is 11.8 Å². The molecule has 2 aromatic rings. The van der Waals surface area contributed by atoms with Crippen LogP contribution in [0, 0.1) is 6.92 Å². The second-order valence-corrected chi connectivity index (χ2v) is 6.43. The molecule has 0 fully saturated rings. The molecule has 1 aromatic carbocycles. The number of carbonyl (C=O) groups excluding carboxylic acids is 2. The molecular weight excluding hydrogens is 373 g/mol. The number of carbonyl (C=O) groups is 2. The fourth-order valence-corrected chi connectivity index (χ4v) is 2.54. The Kier molecular flexibility index (Phi) is 7.63. The number of benzene rings is 1. The predicted molar refractivity (Wildman–Crippen MR) is 104 cm³/mol. The molecule has 7 heteroatoms. The molecule has 5 nitrogen and oxygen atoms in total. The molecule has 0 unspecified atom stereocenters. The molecule has 0 spiro atoms. The summed E-state index contributed by atoms with van der Waals surface area (Å²) in [5.41, 5.74) is 2.09. The van der Waals surface area contributed by atoms with Gasteiger partial charge in [0.25, 0.3) is 5.91 Å². The van der Waals surface area contributed by atoms with Gasteiger partial charge in [0.1, 0.15) is 0 Å². The molecule has 2 rings (SSSR count). The lowest BCUT2D eigenvalue weighted by Gasteiger charge is -2.06. The fourth-order valence-electron chi connectivity index (χ4n) is 2.07. The van der Waals surface area contributed by atoms with Crippen LogP contribution in [0.15, 0.2) is 42.6 Å². The lowest BCUT2D eigenvalue weighted by molar-refractivity contribution is -0.116. The van der Waals surface area contributed by atoms with Gasteiger partial charge in [0.2, 0.25) is 5.91 Å². The largest absolute Gasteiger partial charge is 0.352 e. The number of nitrogens with one attached hydrogen (secondary N) is 2. The minimum atomic E-state index is -0.231. The van der Waals surface area contributed by atoms with Crippen molar-refractivity contribution in [3.05, 3.63) is 69.5 Å². The van der Waals surface area contributed by atoms with Gasteiger partial charge in [-0.25, -0.2) is 0 Å². The van der Waals surface area contributed by atoms with E-state index in [1.807, 2.05) is 6.92 Å². The van der Waals surface area contributed by atoms with Gasteiger partial charge in [-0.15, -0.1) is 0 Å². The topological polar surface area (TPSA) is 71.1 Å². The Labute approximate surface area is 162 Å². The smallest absolute Gasteiger partial charge is 0.252 e. The van der Waals surface area contributed by atoms with Crippen LogP contribution in [0.5, 0.6) is 0 Å². The third-order valence-corrected chi connectivity index (χ3v) is 4.05. The van der Waals surface area contributed by atoms with Crippen molar-refractivity contribution in [2.45, 2.75) is 13.3 Å². The van der Waals surface area contributed by atoms with Gasteiger partial charge in [0.05, 0.1) is 5.56 Å². The van der Waals surface area contributed by atoms with E-state index >= 15 is 0 Å². The first-order valence-corrected chi connectivity index (χ1v) is 8.83. The van der Waals surface area contributed by atoms with Gasteiger partial charge in [-0.3, -0.25) is 14.6 Å². The van der Waals surface area contributed by atoms with E-state index in [4.69, 9.17) is 23.2 Å². The van der Waals surface area contributed by atoms with Gasteiger partial charge in [-0.05, 0) is 49.2 Å². The molecule has 1 heterocycles. The monoisotopic (exact) mass is 391 g/mol. The first-order chi connectivity index (χ1) is 12.5. The first kappa shape index (κ1) is 19.9. The lowest BCUT2D eigenvalue weighted by atomic mass is 10.2. The summed E-state index contributed by atoms with van der Waals surface area (Å²) in [5.74, 6) is -0.411. The SMILES string of the molecule is Cc1ccc(C(=O)NCCCNC(=O)/C=C/c2ccc(Cl)cc2Cl)cn1. The summed E-state index contributed by atoms with van der Waals surface area (Å²) in [4.78, 5) is 27.8. The van der Waals surface area contributed by atoms with Gasteiger partial charge in [0.15, 0.2) is 0 Å². The summed E-state index contributed by atoms with van der Waals surface area (Å²) < 4.78 is 0. The van der Waals surface area contributed by atoms with Crippen LogP contribution in [-0.2, 0) is 4.79 Å². The molecule has 0 atom stereocenters. The maximum atomic E-state index is 11.9. The van der Waals surface area contributed by atoms with Crippen LogP contribution >= 0.6 is 23.2 Å². The summed E-state index contributed by atoms with van der Waals surface area (Å²) in [7, 11) is 0. The number of nitrogens with zero attached hydrogens (tertiary/aromatic N) is 1. The van der Waals surface area contributed by atoms with Gasteiger partial charge in [0, 0.05) is 41.1 Å². The molecule has 136 valence electrons. The predicted octanol–water partition coefficient (Wildman–Crippen LogP) is 3.65. The summed E-state index contributed by atoms with van der Waals surface area (Å²) in [5, 5.41) is 6.55. The first-order valence-electron chi connectivity index (χ1n) is 8.07. The highest BCUT2D eigenvalue weighted by Gasteiger charge is 2.04. The van der Waals surface area contributed by atoms with Crippen LogP contribution in [0.1, 0.15) is 28.0 Å². The molecule has 0 aliphatic rings. The molecule has 0 bridgehead atoms. The normalized spacial score (nSPS) is 10.7. The second-order valence-electron chi connectivity index (χ2n) is 5.59. The van der Waals surface area contributed by atoms with Crippen molar-refractivity contribution in [1.29, 1.82) is 0 Å². The van der Waals surface area contributed by atoms with Crippen molar-refractivity contribution in [3.63, 3.8) is 0 Å². The zero-order chi connectivity index (χ0) is 18.9. The Bertz CT molecular complexity index is 805. The van der Waals surface area contributed by atoms with E-state index in [9.17, 15) is 9.59 Å². The molecular formula is C19H19Cl2N3O2. The highest BCUT2D eigenvalue weighted by Crippen LogP contribution is 2.21. The van der Waals surface area contributed by atoms with Crippen LogP contribution < -0.4 is 10.6 Å². The average Bonchev–Trinajstić information content (AvgIpc) is 2.61. The number of pyridine rings is 1. The molecule has 2 amide bonds. The maximum Gasteiger partial charge on any atom is 0.252 e. The number of aryl methyl sites for hydroxylation is 1. The third kappa shape index (κ3) is 6.50. The number of aromatic nitrogens is 1. The number of hydrogen-bond acceptors (Lipinski definition) is 3. The number of hydrogen-bond donors (Lipinski definition) is 2. The van der Waals surface area contributed by atoms with E-state index in [0.717, 1.165) is 5.69 Å². The Hall–Kier alpha value is -2.37. The van der Waals surface area contributed by atoms with Crippen LogP contribution in [0.25, 0.3) is 6.08 Å². The van der Waals surface area contributed by atoms with Gasteiger partial charge in [-0.1, -0.05) is 29.3 Å². The van der Waals surface area contributed by atoms with Gasteiger partial charge < -0.3 is 10.6 Å². The molecule has 1 aromatic heterocycles. The van der Waals surface area contributed by atoms with Crippen molar-refractivity contribution in [3.8, 4) is 0 Å². The fraction of sp³-hybridized carbons (Fsp3) is 0.211. The van der Waals surface area contributed by atoms with Gasteiger partial charge >= 0.3 is 0 Å². The molecule has 0 aliphatic carbocycles. The lowest BCUT2D eigenvalue weighted by Crippen LogP contribution is -2.29. The van der Waals surface area contributed by atoms with E-state index in [2.05, 4.69) is 15.6 Å². The highest BCUT2D eigenvalue weighted by atomic mass is 35.5. The standard InChI is InChI=1S/C19H19Cl2N3O2/c1-13-3-4-15(12-24-13)19(26)23-10-2-9-22-18(25)8-6-14-5-7-16(20)11-17(14)21/h3-8,11-12H,2,9-10H2,1H3,(H,22,25)(H,23,26)/b8-6+. The van der Waals surface area contributed by atoms with Crippen LogP contribution in [0.3, 0.4) is 0 Å². The third-order valence-electron chi connectivity index (χ3n) is 3.49. The molecule has 0 aliphatic heterocycles. The minimum Gasteiger partial charge on any atom is -0.352 e. The Morgan fingerprint density at radius 2 is 1.88 bits per heavy atom.